The number of carbonyl (C=O) groups is 2. The highest BCUT2D eigenvalue weighted by Gasteiger charge is 2.25. The molecule has 0 saturated heterocycles. The van der Waals surface area contributed by atoms with Gasteiger partial charge in [0.1, 0.15) is 12.4 Å². The van der Waals surface area contributed by atoms with Crippen LogP contribution in [0.1, 0.15) is 49.3 Å². The van der Waals surface area contributed by atoms with E-state index in [0.29, 0.717) is 24.7 Å². The lowest BCUT2D eigenvalue weighted by Gasteiger charge is -2.31. The molecule has 0 bridgehead atoms. The second kappa shape index (κ2) is 12.0. The molecule has 2 amide bonds. The van der Waals surface area contributed by atoms with Gasteiger partial charge in [-0.05, 0) is 61.7 Å². The molecule has 0 unspecified atom stereocenters. The van der Waals surface area contributed by atoms with Crippen molar-refractivity contribution in [2.24, 2.45) is 5.92 Å². The predicted molar refractivity (Wildman–Crippen MR) is 138 cm³/mol. The number of aromatic nitrogens is 1. The molecule has 35 heavy (non-hydrogen) atoms. The third kappa shape index (κ3) is 7.18. The van der Waals surface area contributed by atoms with Crippen LogP contribution in [-0.4, -0.2) is 45.3 Å². The zero-order valence-corrected chi connectivity index (χ0v) is 21.5. The van der Waals surface area contributed by atoms with E-state index < -0.39 is 5.82 Å². The molecule has 1 heterocycles. The van der Waals surface area contributed by atoms with E-state index in [-0.39, 0.29) is 35.9 Å². The number of nitrogens with zero attached hydrogens (tertiary/aromatic N) is 3. The highest BCUT2D eigenvalue weighted by atomic mass is 35.5. The SMILES string of the molecule is CC(C)CN(Cc1cccn1Cc1ccccc1Cl)C(=O)CN(C(=O)c1cccc(F)c1)C(C)C. The third-order valence-corrected chi connectivity index (χ3v) is 6.14. The normalized spacial score (nSPS) is 11.2. The molecule has 0 aliphatic rings. The molecule has 0 radical (unpaired) electrons. The van der Waals surface area contributed by atoms with Gasteiger partial charge in [0, 0.05) is 41.6 Å². The first-order valence-electron chi connectivity index (χ1n) is 11.9. The van der Waals surface area contributed by atoms with Gasteiger partial charge < -0.3 is 14.4 Å². The zero-order valence-electron chi connectivity index (χ0n) is 20.7. The smallest absolute Gasteiger partial charge is 0.254 e. The fourth-order valence-electron chi connectivity index (χ4n) is 3.97. The average Bonchev–Trinajstić information content (AvgIpc) is 3.24. The Morgan fingerprint density at radius 1 is 1.00 bits per heavy atom. The minimum absolute atomic E-state index is 0.0784. The summed E-state index contributed by atoms with van der Waals surface area (Å²) in [6, 6.07) is 17.0. The van der Waals surface area contributed by atoms with E-state index >= 15 is 0 Å². The van der Waals surface area contributed by atoms with E-state index in [4.69, 9.17) is 11.6 Å². The topological polar surface area (TPSA) is 45.6 Å². The lowest BCUT2D eigenvalue weighted by atomic mass is 10.1. The van der Waals surface area contributed by atoms with Gasteiger partial charge in [-0.3, -0.25) is 9.59 Å². The summed E-state index contributed by atoms with van der Waals surface area (Å²) in [4.78, 5) is 29.9. The highest BCUT2D eigenvalue weighted by molar-refractivity contribution is 6.31. The molecule has 0 N–H and O–H groups in total. The van der Waals surface area contributed by atoms with Crippen LogP contribution < -0.4 is 0 Å². The Balaban J connectivity index is 1.79. The average molecular weight is 498 g/mol. The van der Waals surface area contributed by atoms with Crippen LogP contribution in [0.3, 0.4) is 0 Å². The first-order valence-corrected chi connectivity index (χ1v) is 12.2. The van der Waals surface area contributed by atoms with Crippen LogP contribution in [0.15, 0.2) is 66.9 Å². The van der Waals surface area contributed by atoms with Gasteiger partial charge in [0.15, 0.2) is 0 Å². The molecule has 7 heteroatoms. The Morgan fingerprint density at radius 3 is 2.40 bits per heavy atom. The van der Waals surface area contributed by atoms with Gasteiger partial charge in [-0.2, -0.15) is 0 Å². The summed E-state index contributed by atoms with van der Waals surface area (Å²) in [5, 5.41) is 0.700. The summed E-state index contributed by atoms with van der Waals surface area (Å²) in [6.07, 6.45) is 1.98. The molecule has 0 saturated carbocycles. The molecule has 0 spiro atoms. The second-order valence-corrected chi connectivity index (χ2v) is 9.83. The molecule has 0 aliphatic carbocycles. The van der Waals surface area contributed by atoms with Crippen LogP contribution in [0.25, 0.3) is 0 Å². The number of carbonyl (C=O) groups excluding carboxylic acids is 2. The van der Waals surface area contributed by atoms with Crippen LogP contribution in [-0.2, 0) is 17.9 Å². The first kappa shape index (κ1) is 26.5. The fourth-order valence-corrected chi connectivity index (χ4v) is 4.17. The largest absolute Gasteiger partial charge is 0.345 e. The van der Waals surface area contributed by atoms with E-state index in [1.807, 2.05) is 56.4 Å². The second-order valence-electron chi connectivity index (χ2n) is 9.42. The van der Waals surface area contributed by atoms with E-state index in [1.165, 1.54) is 23.1 Å². The zero-order chi connectivity index (χ0) is 25.5. The van der Waals surface area contributed by atoms with Crippen LogP contribution in [0, 0.1) is 11.7 Å². The van der Waals surface area contributed by atoms with Gasteiger partial charge in [-0.25, -0.2) is 4.39 Å². The van der Waals surface area contributed by atoms with Crippen molar-refractivity contribution < 1.29 is 14.0 Å². The van der Waals surface area contributed by atoms with Crippen molar-refractivity contribution in [3.63, 3.8) is 0 Å². The molecule has 186 valence electrons. The number of halogens is 2. The quantitative estimate of drug-likeness (QED) is 0.352. The highest BCUT2D eigenvalue weighted by Crippen LogP contribution is 2.19. The van der Waals surface area contributed by atoms with Crippen LogP contribution >= 0.6 is 11.6 Å². The summed E-state index contributed by atoms with van der Waals surface area (Å²) < 4.78 is 15.8. The number of benzene rings is 2. The van der Waals surface area contributed by atoms with Crippen molar-refractivity contribution in [3.8, 4) is 0 Å². The lowest BCUT2D eigenvalue weighted by Crippen LogP contribution is -2.46. The minimum atomic E-state index is -0.480. The van der Waals surface area contributed by atoms with E-state index in [9.17, 15) is 14.0 Å². The van der Waals surface area contributed by atoms with Gasteiger partial charge in [-0.1, -0.05) is 49.7 Å². The standard InChI is InChI=1S/C28H33ClFN3O2/c1-20(2)16-32(18-25-12-8-14-31(25)17-23-9-5-6-13-26(23)29)27(34)19-33(21(3)4)28(35)22-10-7-11-24(30)15-22/h5-15,20-21H,16-19H2,1-4H3. The van der Waals surface area contributed by atoms with E-state index in [2.05, 4.69) is 18.4 Å². The summed E-state index contributed by atoms with van der Waals surface area (Å²) in [5.41, 5.74) is 2.21. The summed E-state index contributed by atoms with van der Waals surface area (Å²) in [7, 11) is 0. The molecule has 5 nitrogen and oxygen atoms in total. The number of hydrogen-bond acceptors (Lipinski definition) is 2. The third-order valence-electron chi connectivity index (χ3n) is 5.77. The lowest BCUT2D eigenvalue weighted by molar-refractivity contribution is -0.133. The van der Waals surface area contributed by atoms with Crippen molar-refractivity contribution in [3.05, 3.63) is 94.5 Å². The predicted octanol–water partition coefficient (Wildman–Crippen LogP) is 5.86. The van der Waals surface area contributed by atoms with Crippen molar-refractivity contribution in [1.29, 1.82) is 0 Å². The summed E-state index contributed by atoms with van der Waals surface area (Å²) in [5.74, 6) is -0.744. The van der Waals surface area contributed by atoms with Crippen molar-refractivity contribution in [2.45, 2.75) is 46.8 Å². The van der Waals surface area contributed by atoms with Crippen molar-refractivity contribution in [2.75, 3.05) is 13.1 Å². The maximum absolute atomic E-state index is 13.7. The Kier molecular flexibility index (Phi) is 9.10. The molecule has 0 atom stereocenters. The maximum Gasteiger partial charge on any atom is 0.254 e. The molecule has 1 aromatic heterocycles. The number of rotatable bonds is 10. The summed E-state index contributed by atoms with van der Waals surface area (Å²) in [6.45, 7) is 9.30. The van der Waals surface area contributed by atoms with Crippen LogP contribution in [0.2, 0.25) is 5.02 Å². The van der Waals surface area contributed by atoms with Gasteiger partial charge in [-0.15, -0.1) is 0 Å². The summed E-state index contributed by atoms with van der Waals surface area (Å²) >= 11 is 6.36. The molecule has 3 aromatic rings. The van der Waals surface area contributed by atoms with Crippen molar-refractivity contribution in [1.82, 2.24) is 14.4 Å². The molecule has 2 aromatic carbocycles. The minimum Gasteiger partial charge on any atom is -0.345 e. The van der Waals surface area contributed by atoms with Crippen molar-refractivity contribution >= 4 is 23.4 Å². The molecule has 3 rings (SSSR count). The van der Waals surface area contributed by atoms with Crippen LogP contribution in [0.4, 0.5) is 4.39 Å². The maximum atomic E-state index is 13.7. The fraction of sp³-hybridized carbons (Fsp3) is 0.357. The van der Waals surface area contributed by atoms with E-state index in [1.54, 1.807) is 11.0 Å². The number of amides is 2. The Labute approximate surface area is 212 Å². The molecular weight excluding hydrogens is 465 g/mol. The Bertz CT molecular complexity index is 1160. The van der Waals surface area contributed by atoms with Gasteiger partial charge in [0.25, 0.3) is 5.91 Å². The first-order chi connectivity index (χ1) is 16.7. The van der Waals surface area contributed by atoms with Crippen LogP contribution in [0.5, 0.6) is 0 Å². The van der Waals surface area contributed by atoms with E-state index in [0.717, 1.165) is 11.3 Å². The molecular formula is C28H33ClFN3O2. The Morgan fingerprint density at radius 2 is 1.74 bits per heavy atom. The molecule has 0 fully saturated rings. The van der Waals surface area contributed by atoms with Gasteiger partial charge in [0.2, 0.25) is 5.91 Å². The van der Waals surface area contributed by atoms with Gasteiger partial charge in [0.05, 0.1) is 6.54 Å². The monoisotopic (exact) mass is 497 g/mol. The molecule has 0 aliphatic heterocycles. The Hall–Kier alpha value is -3.12. The number of hydrogen-bond donors (Lipinski definition) is 0. The van der Waals surface area contributed by atoms with Gasteiger partial charge >= 0.3 is 0 Å².